The van der Waals surface area contributed by atoms with Gasteiger partial charge in [0.1, 0.15) is 5.82 Å². The average Bonchev–Trinajstić information content (AvgIpc) is 2.80. The summed E-state index contributed by atoms with van der Waals surface area (Å²) in [6, 6.07) is 3.82. The molecule has 2 bridgehead atoms. The Morgan fingerprint density at radius 1 is 1.30 bits per heavy atom. The number of hydrogen-bond donors (Lipinski definition) is 1. The highest BCUT2D eigenvalue weighted by atomic mass is 16.5. The second-order valence-electron chi connectivity index (χ2n) is 5.90. The minimum absolute atomic E-state index is 0.00457. The number of nitrogens with one attached hydrogen (secondary N) is 1. The van der Waals surface area contributed by atoms with E-state index in [0.717, 1.165) is 11.4 Å². The molecular formula is C15H17N5O3. The normalized spacial score (nSPS) is 24.2. The van der Waals surface area contributed by atoms with Crippen molar-refractivity contribution in [1.29, 1.82) is 0 Å². The number of nitrogens with zero attached hydrogens (tertiary/aromatic N) is 4. The summed E-state index contributed by atoms with van der Waals surface area (Å²) >= 11 is 0. The molecule has 1 amide bonds. The molecule has 8 nitrogen and oxygen atoms in total. The Morgan fingerprint density at radius 2 is 2.22 bits per heavy atom. The van der Waals surface area contributed by atoms with Crippen LogP contribution in [0.3, 0.4) is 0 Å². The smallest absolute Gasteiger partial charge is 0.259 e. The lowest BCUT2D eigenvalue weighted by Gasteiger charge is -2.28. The van der Waals surface area contributed by atoms with E-state index in [-0.39, 0.29) is 17.9 Å². The number of ether oxygens (including phenoxy) is 1. The van der Waals surface area contributed by atoms with Crippen LogP contribution in [0.15, 0.2) is 22.9 Å². The highest BCUT2D eigenvalue weighted by molar-refractivity contribution is 5.80. The van der Waals surface area contributed by atoms with Gasteiger partial charge < -0.3 is 19.5 Å². The van der Waals surface area contributed by atoms with Gasteiger partial charge in [-0.2, -0.15) is 4.98 Å². The zero-order chi connectivity index (χ0) is 15.8. The van der Waals surface area contributed by atoms with Gasteiger partial charge in [-0.15, -0.1) is 0 Å². The zero-order valence-corrected chi connectivity index (χ0v) is 12.7. The molecule has 0 radical (unpaired) electrons. The Bertz CT molecular complexity index is 714. The minimum atomic E-state index is -0.164. The number of amides is 1. The number of aryl methyl sites for hydroxylation is 1. The van der Waals surface area contributed by atoms with Crippen molar-refractivity contribution in [3.8, 4) is 11.5 Å². The van der Waals surface area contributed by atoms with E-state index >= 15 is 0 Å². The molecule has 0 spiro atoms. The summed E-state index contributed by atoms with van der Waals surface area (Å²) in [4.78, 5) is 22.9. The largest absolute Gasteiger partial charge is 0.378 e. The van der Waals surface area contributed by atoms with Gasteiger partial charge in [0.05, 0.1) is 30.7 Å². The number of rotatable bonds is 2. The van der Waals surface area contributed by atoms with Gasteiger partial charge in [-0.3, -0.25) is 4.79 Å². The van der Waals surface area contributed by atoms with E-state index in [2.05, 4.69) is 25.3 Å². The molecule has 1 N–H and O–H groups in total. The van der Waals surface area contributed by atoms with Crippen LogP contribution >= 0.6 is 0 Å². The fraction of sp³-hybridized carbons (Fsp3) is 0.467. The standard InChI is InChI=1S/C15H17N5O3/c1-9-17-15(23-19-9)10-2-3-13(16-4-10)20-5-11-7-22-8-12(6-20)18-14(11)21/h2-4,11-12H,5-8H2,1H3,(H,18,21)/t11-,12+/m1/s1. The van der Waals surface area contributed by atoms with Crippen molar-refractivity contribution in [2.75, 3.05) is 31.2 Å². The third-order valence-electron chi connectivity index (χ3n) is 4.08. The molecule has 0 aliphatic carbocycles. The molecule has 2 aliphatic heterocycles. The van der Waals surface area contributed by atoms with Gasteiger partial charge >= 0.3 is 0 Å². The van der Waals surface area contributed by atoms with Crippen LogP contribution in [0.4, 0.5) is 5.82 Å². The Morgan fingerprint density at radius 3 is 2.96 bits per heavy atom. The molecule has 120 valence electrons. The first-order chi connectivity index (χ1) is 11.2. The van der Waals surface area contributed by atoms with Crippen molar-refractivity contribution in [2.45, 2.75) is 13.0 Å². The summed E-state index contributed by atoms with van der Waals surface area (Å²) in [6.45, 7) is 4.07. The molecule has 0 unspecified atom stereocenters. The molecule has 2 aromatic heterocycles. The van der Waals surface area contributed by atoms with Gasteiger partial charge in [0, 0.05) is 19.3 Å². The second-order valence-corrected chi connectivity index (χ2v) is 5.90. The molecule has 2 fully saturated rings. The Labute approximate surface area is 132 Å². The number of fused-ring (bicyclic) bond motifs is 3. The first-order valence-electron chi connectivity index (χ1n) is 7.59. The van der Waals surface area contributed by atoms with Crippen molar-refractivity contribution in [1.82, 2.24) is 20.4 Å². The van der Waals surface area contributed by atoms with E-state index in [0.29, 0.717) is 38.0 Å². The van der Waals surface area contributed by atoms with Crippen molar-refractivity contribution >= 4 is 11.7 Å². The van der Waals surface area contributed by atoms with Gasteiger partial charge in [-0.25, -0.2) is 4.98 Å². The molecule has 8 heteroatoms. The Hall–Kier alpha value is -2.48. The topological polar surface area (TPSA) is 93.4 Å². The summed E-state index contributed by atoms with van der Waals surface area (Å²) in [6.07, 6.45) is 1.72. The van der Waals surface area contributed by atoms with Crippen LogP contribution < -0.4 is 10.2 Å². The summed E-state index contributed by atoms with van der Waals surface area (Å²) in [5, 5.41) is 6.79. The van der Waals surface area contributed by atoms with Crippen LogP contribution in [-0.4, -0.2) is 53.4 Å². The third kappa shape index (κ3) is 2.77. The number of aromatic nitrogens is 3. The molecule has 4 heterocycles. The first-order valence-corrected chi connectivity index (χ1v) is 7.59. The summed E-state index contributed by atoms with van der Waals surface area (Å²) in [5.74, 6) is 1.78. The lowest BCUT2D eigenvalue weighted by atomic mass is 10.1. The average molecular weight is 315 g/mol. The van der Waals surface area contributed by atoms with E-state index in [9.17, 15) is 4.79 Å². The summed E-state index contributed by atoms with van der Waals surface area (Å²) < 4.78 is 10.7. The molecule has 23 heavy (non-hydrogen) atoms. The Balaban J connectivity index is 1.57. The highest BCUT2D eigenvalue weighted by Gasteiger charge is 2.33. The van der Waals surface area contributed by atoms with Crippen LogP contribution in [-0.2, 0) is 9.53 Å². The van der Waals surface area contributed by atoms with Gasteiger partial charge in [-0.05, 0) is 19.1 Å². The van der Waals surface area contributed by atoms with Crippen LogP contribution in [0.5, 0.6) is 0 Å². The SMILES string of the molecule is Cc1noc(-c2ccc(N3C[C@H]4COC[C@@H](C3)C(=O)N4)nc2)n1. The second kappa shape index (κ2) is 5.62. The zero-order valence-electron chi connectivity index (χ0n) is 12.7. The fourth-order valence-corrected chi connectivity index (χ4v) is 2.93. The van der Waals surface area contributed by atoms with E-state index in [1.807, 2.05) is 12.1 Å². The quantitative estimate of drug-likeness (QED) is 0.857. The Kier molecular flexibility index (Phi) is 3.45. The minimum Gasteiger partial charge on any atom is -0.378 e. The number of carbonyl (C=O) groups is 1. The molecule has 4 rings (SSSR count). The monoisotopic (exact) mass is 315 g/mol. The molecule has 2 atom stereocenters. The number of carbonyl (C=O) groups excluding carboxylic acids is 1. The molecule has 0 aromatic carbocycles. The summed E-state index contributed by atoms with van der Waals surface area (Å²) in [5.41, 5.74) is 0.780. The van der Waals surface area contributed by atoms with Crippen molar-refractivity contribution in [3.05, 3.63) is 24.2 Å². The van der Waals surface area contributed by atoms with Gasteiger partial charge in [0.15, 0.2) is 5.82 Å². The lowest BCUT2D eigenvalue weighted by molar-refractivity contribution is -0.124. The molecule has 0 saturated carbocycles. The highest BCUT2D eigenvalue weighted by Crippen LogP contribution is 2.22. The summed E-state index contributed by atoms with van der Waals surface area (Å²) in [7, 11) is 0. The van der Waals surface area contributed by atoms with Crippen molar-refractivity contribution in [2.24, 2.45) is 5.92 Å². The fourth-order valence-electron chi connectivity index (χ4n) is 2.93. The number of anilines is 1. The van der Waals surface area contributed by atoms with Crippen LogP contribution in [0.1, 0.15) is 5.82 Å². The van der Waals surface area contributed by atoms with Crippen LogP contribution in [0.25, 0.3) is 11.5 Å². The van der Waals surface area contributed by atoms with Crippen molar-refractivity contribution < 1.29 is 14.1 Å². The maximum Gasteiger partial charge on any atom is 0.259 e. The number of hydrogen-bond acceptors (Lipinski definition) is 7. The van der Waals surface area contributed by atoms with Gasteiger partial charge in [0.25, 0.3) is 5.89 Å². The molecule has 2 aromatic rings. The van der Waals surface area contributed by atoms with Gasteiger partial charge in [0.2, 0.25) is 5.91 Å². The third-order valence-corrected chi connectivity index (χ3v) is 4.08. The predicted molar refractivity (Wildman–Crippen MR) is 80.7 cm³/mol. The van der Waals surface area contributed by atoms with E-state index < -0.39 is 0 Å². The van der Waals surface area contributed by atoms with Gasteiger partial charge in [-0.1, -0.05) is 5.16 Å². The van der Waals surface area contributed by atoms with E-state index in [1.165, 1.54) is 0 Å². The van der Waals surface area contributed by atoms with Crippen molar-refractivity contribution in [3.63, 3.8) is 0 Å². The maximum atomic E-state index is 12.0. The molecular weight excluding hydrogens is 298 g/mol. The maximum absolute atomic E-state index is 12.0. The van der Waals surface area contributed by atoms with E-state index in [4.69, 9.17) is 9.26 Å². The molecule has 2 aliphatic rings. The first kappa shape index (κ1) is 14.1. The van der Waals surface area contributed by atoms with E-state index in [1.54, 1.807) is 13.1 Å². The lowest BCUT2D eigenvalue weighted by Crippen LogP contribution is -2.42. The molecule has 2 saturated heterocycles. The predicted octanol–water partition coefficient (Wildman–Crippen LogP) is 0.391. The van der Waals surface area contributed by atoms with Crippen LogP contribution in [0, 0.1) is 12.8 Å². The number of pyridine rings is 1. The van der Waals surface area contributed by atoms with Crippen LogP contribution in [0.2, 0.25) is 0 Å².